The minimum atomic E-state index is -0.961. The Bertz CT molecular complexity index is 796. The van der Waals surface area contributed by atoms with Crippen LogP contribution in [0.4, 0.5) is 4.79 Å². The second-order valence-corrected chi connectivity index (χ2v) is 7.51. The molecule has 9 nitrogen and oxygen atoms in total. The third-order valence-electron chi connectivity index (χ3n) is 5.91. The monoisotopic (exact) mass is 396 g/mol. The summed E-state index contributed by atoms with van der Waals surface area (Å²) in [4.78, 5) is 43.8. The van der Waals surface area contributed by atoms with Crippen LogP contribution in [0, 0.1) is 11.8 Å². The lowest BCUT2D eigenvalue weighted by Gasteiger charge is -2.39. The van der Waals surface area contributed by atoms with Gasteiger partial charge in [-0.3, -0.25) is 14.6 Å². The molecule has 0 radical (unpaired) electrons. The Morgan fingerprint density at radius 1 is 1.48 bits per heavy atom. The van der Waals surface area contributed by atoms with E-state index in [0.29, 0.717) is 17.8 Å². The number of primary amides is 1. The lowest BCUT2D eigenvalue weighted by molar-refractivity contribution is -0.138. The zero-order valence-electron chi connectivity index (χ0n) is 15.0. The molecule has 10 heteroatoms. The van der Waals surface area contributed by atoms with Crippen LogP contribution in [0.15, 0.2) is 16.3 Å². The fraction of sp³-hybridized carbons (Fsp3) is 0.647. The molecule has 3 N–H and O–H groups in total. The van der Waals surface area contributed by atoms with Crippen molar-refractivity contribution in [2.24, 2.45) is 22.6 Å². The minimum absolute atomic E-state index is 0.0614. The van der Waals surface area contributed by atoms with Crippen LogP contribution in [0.3, 0.4) is 0 Å². The highest BCUT2D eigenvalue weighted by Crippen LogP contribution is 2.55. The van der Waals surface area contributed by atoms with Crippen molar-refractivity contribution in [3.05, 3.63) is 11.3 Å². The van der Waals surface area contributed by atoms with Crippen LogP contribution in [0.5, 0.6) is 0 Å². The summed E-state index contributed by atoms with van der Waals surface area (Å²) in [6.45, 7) is 2.31. The fourth-order valence-electron chi connectivity index (χ4n) is 4.75. The molecular weight excluding hydrogens is 376 g/mol. The van der Waals surface area contributed by atoms with E-state index in [1.165, 1.54) is 7.11 Å². The van der Waals surface area contributed by atoms with Gasteiger partial charge in [-0.2, -0.15) is 0 Å². The number of alkyl halides is 1. The van der Waals surface area contributed by atoms with Crippen molar-refractivity contribution in [2.45, 2.75) is 24.7 Å². The van der Waals surface area contributed by atoms with Gasteiger partial charge in [0.1, 0.15) is 6.61 Å². The normalized spacial score (nSPS) is 38.2. The van der Waals surface area contributed by atoms with E-state index >= 15 is 0 Å². The molecule has 5 unspecified atom stereocenters. The molecule has 3 aliphatic heterocycles. The Morgan fingerprint density at radius 2 is 2.22 bits per heavy atom. The number of carbonyl (C=O) groups is 3. The zero-order chi connectivity index (χ0) is 19.5. The van der Waals surface area contributed by atoms with Crippen molar-refractivity contribution in [2.75, 3.05) is 32.7 Å². The van der Waals surface area contributed by atoms with Gasteiger partial charge >= 0.3 is 6.09 Å². The summed E-state index contributed by atoms with van der Waals surface area (Å²) < 4.78 is 10.9. The van der Waals surface area contributed by atoms with Gasteiger partial charge in [0.2, 0.25) is 5.78 Å². The summed E-state index contributed by atoms with van der Waals surface area (Å²) in [7, 11) is 1.53. The van der Waals surface area contributed by atoms with Crippen molar-refractivity contribution in [3.63, 3.8) is 0 Å². The van der Waals surface area contributed by atoms with Gasteiger partial charge in [-0.25, -0.2) is 4.79 Å². The molecular formula is C17H21ClN4O5. The lowest BCUT2D eigenvalue weighted by Crippen LogP contribution is -2.55. The number of ether oxygens (including phenoxy) is 2. The molecule has 0 saturated carbocycles. The Morgan fingerprint density at radius 3 is 2.85 bits per heavy atom. The summed E-state index contributed by atoms with van der Waals surface area (Å²) in [6, 6.07) is 0.105. The Labute approximate surface area is 160 Å². The van der Waals surface area contributed by atoms with E-state index < -0.39 is 23.7 Å². The number of nitrogens with zero attached hydrogens (tertiary/aromatic N) is 2. The predicted molar refractivity (Wildman–Crippen MR) is 95.4 cm³/mol. The van der Waals surface area contributed by atoms with Gasteiger partial charge in [0.05, 0.1) is 35.8 Å². The molecule has 0 aromatic heterocycles. The molecule has 0 aromatic rings. The first-order chi connectivity index (χ1) is 12.9. The summed E-state index contributed by atoms with van der Waals surface area (Å²) >= 11 is 5.70. The maximum atomic E-state index is 13.3. The summed E-state index contributed by atoms with van der Waals surface area (Å²) in [5, 5.41) is 3.31. The number of halogens is 1. The minimum Gasteiger partial charge on any atom is -0.449 e. The van der Waals surface area contributed by atoms with Crippen LogP contribution in [0.1, 0.15) is 6.92 Å². The number of Topliss-reactive ketones (excluding diaryl/α,β-unsaturated/α-hetero) is 2. The number of methoxy groups -OCH3 is 1. The number of hydrogen-bond acceptors (Lipinski definition) is 8. The quantitative estimate of drug-likeness (QED) is 0.469. The summed E-state index contributed by atoms with van der Waals surface area (Å²) in [5.41, 5.74) is 5.02. The van der Waals surface area contributed by atoms with E-state index in [1.807, 2.05) is 4.90 Å². The van der Waals surface area contributed by atoms with Gasteiger partial charge in [-0.1, -0.05) is 0 Å². The smallest absolute Gasteiger partial charge is 0.404 e. The van der Waals surface area contributed by atoms with Crippen molar-refractivity contribution in [1.29, 1.82) is 0 Å². The van der Waals surface area contributed by atoms with Crippen LogP contribution in [-0.4, -0.2) is 78.8 Å². The third-order valence-corrected chi connectivity index (χ3v) is 6.08. The van der Waals surface area contributed by atoms with Crippen molar-refractivity contribution in [3.8, 4) is 0 Å². The van der Waals surface area contributed by atoms with E-state index in [-0.39, 0.29) is 48.4 Å². The number of carbonyl (C=O) groups excluding carboxylic acids is 3. The van der Waals surface area contributed by atoms with E-state index in [0.717, 1.165) is 0 Å². The average molecular weight is 397 g/mol. The summed E-state index contributed by atoms with van der Waals surface area (Å²) in [6.07, 6.45) is -0.945. The molecule has 0 aromatic carbocycles. The lowest BCUT2D eigenvalue weighted by atomic mass is 9.78. The van der Waals surface area contributed by atoms with Crippen molar-refractivity contribution >= 4 is 35.0 Å². The van der Waals surface area contributed by atoms with Crippen LogP contribution < -0.4 is 11.1 Å². The van der Waals surface area contributed by atoms with Gasteiger partial charge in [0.15, 0.2) is 11.5 Å². The van der Waals surface area contributed by atoms with Gasteiger partial charge in [0.25, 0.3) is 0 Å². The molecule has 2 fully saturated rings. The molecule has 27 heavy (non-hydrogen) atoms. The molecule has 1 aliphatic carbocycles. The second-order valence-electron chi connectivity index (χ2n) is 7.13. The highest BCUT2D eigenvalue weighted by atomic mass is 35.5. The van der Waals surface area contributed by atoms with Gasteiger partial charge in [-0.05, 0) is 6.92 Å². The maximum absolute atomic E-state index is 13.3. The van der Waals surface area contributed by atoms with Crippen LogP contribution >= 0.6 is 11.6 Å². The number of rotatable bonds is 5. The van der Waals surface area contributed by atoms with Gasteiger partial charge < -0.3 is 25.4 Å². The first-order valence-corrected chi connectivity index (χ1v) is 9.36. The number of nitrogens with one attached hydrogen (secondary N) is 1. The molecule has 4 aliphatic rings. The molecule has 5 atom stereocenters. The molecule has 0 spiro atoms. The Balaban J connectivity index is 1.82. The number of fused-ring (bicyclic) bond motifs is 4. The Kier molecular flexibility index (Phi) is 4.28. The van der Waals surface area contributed by atoms with E-state index in [9.17, 15) is 14.4 Å². The van der Waals surface area contributed by atoms with E-state index in [4.69, 9.17) is 26.8 Å². The number of amides is 1. The molecule has 4 rings (SSSR count). The summed E-state index contributed by atoms with van der Waals surface area (Å²) in [5.74, 6) is -1.54. The second kappa shape index (κ2) is 6.29. The molecule has 146 valence electrons. The number of piperazine rings is 1. The molecule has 2 saturated heterocycles. The largest absolute Gasteiger partial charge is 0.449 e. The highest BCUT2D eigenvalue weighted by molar-refractivity contribution is 6.53. The number of aliphatic imine (C=N–C) groups is 1. The van der Waals surface area contributed by atoms with Crippen molar-refractivity contribution < 1.29 is 23.9 Å². The molecule has 0 bridgehead atoms. The maximum Gasteiger partial charge on any atom is 0.404 e. The molecule has 1 amide bonds. The fourth-order valence-corrected chi connectivity index (χ4v) is 4.84. The van der Waals surface area contributed by atoms with Gasteiger partial charge in [-0.15, -0.1) is 11.6 Å². The number of hydrogen-bond donors (Lipinski definition) is 2. The first-order valence-electron chi connectivity index (χ1n) is 8.82. The van der Waals surface area contributed by atoms with Crippen LogP contribution in [0.2, 0.25) is 0 Å². The van der Waals surface area contributed by atoms with Crippen LogP contribution in [0.25, 0.3) is 0 Å². The third kappa shape index (κ3) is 2.38. The number of nitrogens with two attached hydrogens (primary N) is 1. The first kappa shape index (κ1) is 18.4. The highest BCUT2D eigenvalue weighted by Gasteiger charge is 2.73. The van der Waals surface area contributed by atoms with Crippen LogP contribution in [-0.2, 0) is 19.1 Å². The molecule has 3 heterocycles. The van der Waals surface area contributed by atoms with Gasteiger partial charge in [0, 0.05) is 31.1 Å². The topological polar surface area (TPSA) is 133 Å². The van der Waals surface area contributed by atoms with E-state index in [2.05, 4.69) is 10.3 Å². The van der Waals surface area contributed by atoms with E-state index in [1.54, 1.807) is 6.92 Å². The SMILES string of the molecule is COC12C(COC(N)=O)C3=C(C(=O)C(C)C(=NCCCl)C3=O)N1CC1NC12. The predicted octanol–water partition coefficient (Wildman–Crippen LogP) is -0.568. The van der Waals surface area contributed by atoms with Crippen molar-refractivity contribution in [1.82, 2.24) is 10.2 Å². The zero-order valence-corrected chi connectivity index (χ0v) is 15.8. The number of allylic oxidation sites excluding steroid dienone is 1. The Hall–Kier alpha value is -1.97. The average Bonchev–Trinajstić information content (AvgIpc) is 3.24. The number of ketones is 2. The standard InChI is InChI=1S/C17H21ClN4O5/c1-7-11(20-4-3-18)14(24)10-8(6-27-16(19)25)17(26-2)15-9(21-15)5-22(17)12(10)13(7)23/h7-9,15,21H,3-6H2,1-2H3,(H2,19,25).